The van der Waals surface area contributed by atoms with Gasteiger partial charge in [0.1, 0.15) is 0 Å². The first-order chi connectivity index (χ1) is 27.8. The van der Waals surface area contributed by atoms with Gasteiger partial charge in [-0.2, -0.15) is 44.6 Å². The van der Waals surface area contributed by atoms with E-state index in [0.29, 0.717) is 51.6 Å². The predicted molar refractivity (Wildman–Crippen MR) is 188 cm³/mol. The summed E-state index contributed by atoms with van der Waals surface area (Å²) in [5.74, 6) is -6.44. The van der Waals surface area contributed by atoms with E-state index in [1.165, 1.54) is 46.9 Å². The van der Waals surface area contributed by atoms with Crippen molar-refractivity contribution in [1.29, 1.82) is 0 Å². The second kappa shape index (κ2) is 18.9. The van der Waals surface area contributed by atoms with E-state index in [1.807, 2.05) is 0 Å². The highest BCUT2D eigenvalue weighted by Crippen LogP contribution is 2.37. The number of carbonyl (C=O) groups excluding carboxylic acids is 3. The molecule has 1 aliphatic carbocycles. The van der Waals surface area contributed by atoms with Crippen LogP contribution in [0.15, 0.2) is 30.6 Å². The van der Waals surface area contributed by atoms with E-state index in [1.54, 1.807) is 9.80 Å². The normalized spacial score (nSPS) is 18.4. The number of aliphatic hydroxyl groups is 1. The Balaban J connectivity index is 0.000000488. The van der Waals surface area contributed by atoms with Crippen LogP contribution in [-0.4, -0.2) is 131 Å². The summed E-state index contributed by atoms with van der Waals surface area (Å²) >= 11 is 6.45. The molecule has 6 rings (SSSR count). The average Bonchev–Trinajstić information content (AvgIpc) is 3.87. The Hall–Kier alpha value is -5.43. The zero-order valence-electron chi connectivity index (χ0n) is 31.0. The van der Waals surface area contributed by atoms with E-state index in [4.69, 9.17) is 31.4 Å². The lowest BCUT2D eigenvalue weighted by molar-refractivity contribution is -0.193. The van der Waals surface area contributed by atoms with Gasteiger partial charge >= 0.3 is 30.5 Å². The van der Waals surface area contributed by atoms with Crippen molar-refractivity contribution in [2.75, 3.05) is 38.0 Å². The van der Waals surface area contributed by atoms with Gasteiger partial charge in [-0.05, 0) is 43.4 Å². The standard InChI is InChI=1S/C30H34ClF3N8O4.2C2HF3O2/c1-39-24(21-16-42(15-17-3-2-4-17)38-25(21)30(32,33)34)14-36-26(39)27(44)37-18-5-6-20(22(31)11-18)28(45)40-7-9-41(10-8-40)29(46)23-12-19(43)13-35-23;2*3-2(4,5)1(6)7/h5-6,11,14,16-17,19,23,35,43H,2-4,7-10,12-13,15H2,1H3,(H,37,44);2*(H,6,7)/t19-,23+;;/m1../s1. The minimum absolute atomic E-state index is 0.0928. The fraction of sp³-hybridized carbons (Fsp3) is 0.500. The maximum absolute atomic E-state index is 13.9. The topological polar surface area (TPSA) is 212 Å². The molecule has 26 heteroatoms. The number of carboxylic acids is 2. The molecule has 0 radical (unpaired) electrons. The maximum atomic E-state index is 13.9. The number of hydrogen-bond donors (Lipinski definition) is 5. The molecule has 16 nitrogen and oxygen atoms in total. The van der Waals surface area contributed by atoms with Gasteiger partial charge in [0.15, 0.2) is 11.5 Å². The molecule has 0 unspecified atom stereocenters. The number of aliphatic carboxylic acids is 2. The van der Waals surface area contributed by atoms with Crippen molar-refractivity contribution < 1.29 is 78.8 Å². The summed E-state index contributed by atoms with van der Waals surface area (Å²) in [6.07, 6.45) is -9.50. The van der Waals surface area contributed by atoms with Gasteiger partial charge in [-0.1, -0.05) is 18.0 Å². The van der Waals surface area contributed by atoms with E-state index in [-0.39, 0.29) is 45.2 Å². The Morgan fingerprint density at radius 3 is 1.95 bits per heavy atom. The Morgan fingerprint density at radius 2 is 1.48 bits per heavy atom. The highest BCUT2D eigenvalue weighted by atomic mass is 35.5. The van der Waals surface area contributed by atoms with Crippen LogP contribution in [0.2, 0.25) is 5.02 Å². The second-order valence-electron chi connectivity index (χ2n) is 13.7. The number of imidazole rings is 1. The molecule has 3 aromatic rings. The van der Waals surface area contributed by atoms with Crippen LogP contribution >= 0.6 is 11.6 Å². The van der Waals surface area contributed by atoms with E-state index >= 15 is 0 Å². The van der Waals surface area contributed by atoms with E-state index < -0.39 is 54.2 Å². The molecule has 3 amide bonds. The molecule has 60 heavy (non-hydrogen) atoms. The van der Waals surface area contributed by atoms with Crippen molar-refractivity contribution in [3.8, 4) is 11.3 Å². The minimum atomic E-state index is -5.08. The maximum Gasteiger partial charge on any atom is 0.490 e. The third-order valence-electron chi connectivity index (χ3n) is 9.39. The monoisotopic (exact) mass is 890 g/mol. The van der Waals surface area contributed by atoms with Crippen LogP contribution in [0.5, 0.6) is 0 Å². The Bertz CT molecular complexity index is 2040. The molecule has 3 fully saturated rings. The lowest BCUT2D eigenvalue weighted by Gasteiger charge is -2.36. The van der Waals surface area contributed by atoms with Gasteiger partial charge < -0.3 is 40.3 Å². The first-order valence-electron chi connectivity index (χ1n) is 17.6. The number of carbonyl (C=O) groups is 5. The van der Waals surface area contributed by atoms with Crippen LogP contribution in [-0.2, 0) is 34.2 Å². The summed E-state index contributed by atoms with van der Waals surface area (Å²) in [6.45, 7) is 2.09. The SMILES string of the molecule is Cn1c(-c2cn(CC3CCC3)nc2C(F)(F)F)cnc1C(=O)Nc1ccc(C(=O)N2CCN(C(=O)[C@@H]3C[C@@H](O)CN3)CC2)c(Cl)c1.O=C(O)C(F)(F)F.O=C(O)C(F)(F)F. The number of carboxylic acid groups (broad SMARTS) is 2. The lowest BCUT2D eigenvalue weighted by Crippen LogP contribution is -2.54. The summed E-state index contributed by atoms with van der Waals surface area (Å²) in [4.78, 5) is 64.2. The summed E-state index contributed by atoms with van der Waals surface area (Å²) < 4.78 is 108. The summed E-state index contributed by atoms with van der Waals surface area (Å²) in [7, 11) is 1.45. The molecule has 1 aromatic carbocycles. The number of halogens is 10. The Labute approximate surface area is 337 Å². The number of benzene rings is 1. The molecule has 5 N–H and O–H groups in total. The number of rotatable bonds is 7. The quantitative estimate of drug-likeness (QED) is 0.211. The number of aliphatic hydroxyl groups excluding tert-OH is 1. The van der Waals surface area contributed by atoms with Crippen molar-refractivity contribution in [2.45, 2.75) is 62.9 Å². The molecule has 0 spiro atoms. The van der Waals surface area contributed by atoms with Crippen molar-refractivity contribution in [3.05, 3.63) is 52.7 Å². The smallest absolute Gasteiger partial charge is 0.475 e. The van der Waals surface area contributed by atoms with Crippen LogP contribution in [0.25, 0.3) is 11.3 Å². The predicted octanol–water partition coefficient (Wildman–Crippen LogP) is 4.28. The molecule has 0 bridgehead atoms. The van der Waals surface area contributed by atoms with Gasteiger partial charge in [0, 0.05) is 58.2 Å². The first-order valence-corrected chi connectivity index (χ1v) is 18.0. The van der Waals surface area contributed by atoms with Crippen LogP contribution in [0.4, 0.5) is 45.2 Å². The van der Waals surface area contributed by atoms with Crippen LogP contribution < -0.4 is 10.6 Å². The fourth-order valence-corrected chi connectivity index (χ4v) is 6.36. The Morgan fingerprint density at radius 1 is 0.917 bits per heavy atom. The highest BCUT2D eigenvalue weighted by molar-refractivity contribution is 6.34. The average molecular weight is 891 g/mol. The third kappa shape index (κ3) is 12.1. The van der Waals surface area contributed by atoms with Gasteiger partial charge in [-0.15, -0.1) is 0 Å². The van der Waals surface area contributed by atoms with Crippen molar-refractivity contribution in [1.82, 2.24) is 34.4 Å². The van der Waals surface area contributed by atoms with E-state index in [0.717, 1.165) is 19.3 Å². The van der Waals surface area contributed by atoms with E-state index in [2.05, 4.69) is 20.7 Å². The molecule has 1 saturated carbocycles. The largest absolute Gasteiger partial charge is 0.490 e. The molecule has 2 atom stereocenters. The summed E-state index contributed by atoms with van der Waals surface area (Å²) in [5.41, 5.74) is -0.617. The van der Waals surface area contributed by atoms with E-state index in [9.17, 15) is 59.0 Å². The molecule has 330 valence electrons. The summed E-state index contributed by atoms with van der Waals surface area (Å²) in [6, 6.07) is 3.98. The minimum Gasteiger partial charge on any atom is -0.475 e. The molecule has 4 heterocycles. The van der Waals surface area contributed by atoms with Crippen LogP contribution in [0.3, 0.4) is 0 Å². The Kier molecular flexibility index (Phi) is 14.9. The number of alkyl halides is 9. The number of nitrogens with zero attached hydrogens (tertiary/aromatic N) is 6. The molecule has 2 saturated heterocycles. The van der Waals surface area contributed by atoms with Crippen LogP contribution in [0.1, 0.15) is 52.4 Å². The number of aromatic nitrogens is 4. The number of hydrogen-bond acceptors (Lipinski definition) is 9. The molecular formula is C34H36ClF9N8O8. The van der Waals surface area contributed by atoms with Crippen molar-refractivity contribution in [3.63, 3.8) is 0 Å². The fourth-order valence-electron chi connectivity index (χ4n) is 6.10. The summed E-state index contributed by atoms with van der Waals surface area (Å²) in [5, 5.41) is 33.5. The van der Waals surface area contributed by atoms with Gasteiger partial charge in [0.2, 0.25) is 5.91 Å². The highest BCUT2D eigenvalue weighted by Gasteiger charge is 2.40. The molecule has 2 aliphatic heterocycles. The number of amides is 3. The number of piperazine rings is 1. The lowest BCUT2D eigenvalue weighted by atomic mass is 9.85. The number of β-amino-alcohol motifs (C(OH)–C–C–N with tert-alkyl or cyclic N) is 1. The van der Waals surface area contributed by atoms with Crippen molar-refractivity contribution in [2.24, 2.45) is 13.0 Å². The van der Waals surface area contributed by atoms with Gasteiger partial charge in [0.05, 0.1) is 40.2 Å². The van der Waals surface area contributed by atoms with Crippen LogP contribution in [0, 0.1) is 5.92 Å². The molecule has 2 aromatic heterocycles. The van der Waals surface area contributed by atoms with Gasteiger partial charge in [-0.3, -0.25) is 19.1 Å². The molecular weight excluding hydrogens is 855 g/mol. The number of nitrogens with one attached hydrogen (secondary N) is 2. The third-order valence-corrected chi connectivity index (χ3v) is 9.71. The first kappa shape index (κ1) is 47.3. The van der Waals surface area contributed by atoms with Gasteiger partial charge in [0.25, 0.3) is 11.8 Å². The number of anilines is 1. The van der Waals surface area contributed by atoms with Crippen molar-refractivity contribution >= 4 is 46.9 Å². The zero-order chi connectivity index (χ0) is 44.9. The zero-order valence-corrected chi connectivity index (χ0v) is 31.8. The second-order valence-corrected chi connectivity index (χ2v) is 14.1. The molecule has 3 aliphatic rings. The van der Waals surface area contributed by atoms with Gasteiger partial charge in [-0.25, -0.2) is 14.6 Å².